The summed E-state index contributed by atoms with van der Waals surface area (Å²) in [7, 11) is 3.07. The third kappa shape index (κ3) is 5.85. The molecule has 3 aromatic carbocycles. The van der Waals surface area contributed by atoms with Gasteiger partial charge in [0, 0.05) is 30.0 Å². The molecule has 53 heavy (non-hydrogen) atoms. The number of methoxy groups -OCH3 is 2. The maximum Gasteiger partial charge on any atom is 0.302 e. The molecule has 7 atom stereocenters. The lowest BCUT2D eigenvalue weighted by Gasteiger charge is -2.50. The molecule has 7 unspecified atom stereocenters. The molecule has 0 aromatic heterocycles. The van der Waals surface area contributed by atoms with E-state index in [2.05, 4.69) is 13.0 Å². The highest BCUT2D eigenvalue weighted by molar-refractivity contribution is 6.08. The molecule has 2 N–H and O–H groups in total. The number of benzene rings is 3. The van der Waals surface area contributed by atoms with E-state index in [4.69, 9.17) is 28.4 Å². The van der Waals surface area contributed by atoms with Crippen LogP contribution in [-0.4, -0.2) is 60.6 Å². The molecule has 9 rings (SSSR count). The third-order valence-electron chi connectivity index (χ3n) is 12.6. The summed E-state index contributed by atoms with van der Waals surface area (Å²) >= 11 is 0. The number of aromatic hydroxyl groups is 2. The molecule has 6 aliphatic rings. The van der Waals surface area contributed by atoms with Gasteiger partial charge in [0.2, 0.25) is 0 Å². The van der Waals surface area contributed by atoms with Gasteiger partial charge in [-0.2, -0.15) is 0 Å². The number of hydrogen-bond acceptors (Lipinski definition) is 10. The lowest BCUT2D eigenvalue weighted by Crippen LogP contribution is -2.45. The standard InChI is InChI=1S/C23H22O7.C20H26O3/c1-23(2)6-5-11-15(30-23)8-13(24)20-21(25)19-12-7-16(26-3)17(27-4)9-14(12)28-10-18(19)29-22(11)20;1-12(21)23-19-8-7-18-17-5-3-13-11-14(22)4-6-15(13)16(17)9-10-20(18,19)2/h5-9,18-19,24H,10H2,1-4H3;4,6,11,16-19,22H,3,5,7-10H2,1-2H3. The zero-order chi connectivity index (χ0) is 37.4. The second-order valence-electron chi connectivity index (χ2n) is 16.1. The second kappa shape index (κ2) is 12.9. The highest BCUT2D eigenvalue weighted by atomic mass is 16.6. The van der Waals surface area contributed by atoms with Crippen LogP contribution in [0.5, 0.6) is 40.2 Å². The molecule has 3 heterocycles. The smallest absolute Gasteiger partial charge is 0.302 e. The summed E-state index contributed by atoms with van der Waals surface area (Å²) in [6.45, 7) is 7.91. The fraction of sp³-hybridized carbons (Fsp3) is 0.488. The first kappa shape index (κ1) is 35.2. The number of Topliss-reactive ketones (excluding diaryl/α,β-unsaturated/α-hetero) is 1. The molecule has 280 valence electrons. The van der Waals surface area contributed by atoms with Crippen molar-refractivity contribution in [2.24, 2.45) is 17.3 Å². The monoisotopic (exact) mass is 724 g/mol. The van der Waals surface area contributed by atoms with Crippen LogP contribution in [0.4, 0.5) is 0 Å². The molecule has 0 amide bonds. The minimum absolute atomic E-state index is 0.104. The van der Waals surface area contributed by atoms with Gasteiger partial charge in [-0.25, -0.2) is 0 Å². The number of aryl methyl sites for hydroxylation is 1. The van der Waals surface area contributed by atoms with Gasteiger partial charge < -0.3 is 38.6 Å². The minimum Gasteiger partial charge on any atom is -0.508 e. The molecule has 10 heteroatoms. The normalized spacial score (nSPS) is 29.3. The number of hydrogen-bond donors (Lipinski definition) is 2. The van der Waals surface area contributed by atoms with E-state index in [1.54, 1.807) is 19.2 Å². The average molecular weight is 725 g/mol. The summed E-state index contributed by atoms with van der Waals surface area (Å²) < 4.78 is 34.5. The Labute approximate surface area is 310 Å². The summed E-state index contributed by atoms with van der Waals surface area (Å²) in [5, 5.41) is 20.4. The zero-order valence-corrected chi connectivity index (χ0v) is 31.2. The Kier molecular flexibility index (Phi) is 8.58. The third-order valence-corrected chi connectivity index (χ3v) is 12.6. The van der Waals surface area contributed by atoms with Crippen molar-refractivity contribution in [2.75, 3.05) is 20.8 Å². The van der Waals surface area contributed by atoms with Gasteiger partial charge in [-0.05, 0) is 112 Å². The van der Waals surface area contributed by atoms with E-state index in [0.717, 1.165) is 19.3 Å². The van der Waals surface area contributed by atoms with E-state index >= 15 is 0 Å². The Morgan fingerprint density at radius 3 is 2.45 bits per heavy atom. The summed E-state index contributed by atoms with van der Waals surface area (Å²) in [6, 6.07) is 10.9. The molecular weight excluding hydrogens is 676 g/mol. The Bertz CT molecular complexity index is 2010. The first-order valence-electron chi connectivity index (χ1n) is 18.7. The zero-order valence-electron chi connectivity index (χ0n) is 31.2. The first-order valence-corrected chi connectivity index (χ1v) is 18.7. The molecule has 3 aliphatic carbocycles. The van der Waals surface area contributed by atoms with Crippen molar-refractivity contribution >= 4 is 17.8 Å². The van der Waals surface area contributed by atoms with Crippen LogP contribution in [0.3, 0.4) is 0 Å². The number of carbonyl (C=O) groups is 2. The van der Waals surface area contributed by atoms with Crippen LogP contribution >= 0.6 is 0 Å². The lowest BCUT2D eigenvalue weighted by atomic mass is 9.55. The SMILES string of the molecule is CC(=O)OC1CCC2C3CCc4cc(O)ccc4C3CCC12C.COc1cc2c(cc1OC)C1C(=O)c3c(O)cc4c(c3OC1CO2)C=CC(C)(C)O4. The molecule has 0 radical (unpaired) electrons. The van der Waals surface area contributed by atoms with Crippen LogP contribution < -0.4 is 23.7 Å². The lowest BCUT2D eigenvalue weighted by molar-refractivity contribution is -0.154. The molecule has 2 saturated carbocycles. The van der Waals surface area contributed by atoms with Crippen molar-refractivity contribution in [3.63, 3.8) is 0 Å². The summed E-state index contributed by atoms with van der Waals surface area (Å²) in [6.07, 6.45) is 10.1. The van der Waals surface area contributed by atoms with Crippen molar-refractivity contribution in [2.45, 2.75) is 95.9 Å². The number of esters is 1. The van der Waals surface area contributed by atoms with Gasteiger partial charge in [0.25, 0.3) is 0 Å². The topological polar surface area (TPSA) is 130 Å². The minimum atomic E-state index is -0.630. The Hall–Kier alpha value is -4.86. The molecule has 3 aliphatic heterocycles. The number of phenolic OH excluding ortho intramolecular Hbond substituents is 2. The van der Waals surface area contributed by atoms with E-state index in [1.807, 2.05) is 38.1 Å². The van der Waals surface area contributed by atoms with Gasteiger partial charge in [-0.1, -0.05) is 13.0 Å². The number of fused-ring (bicyclic) bond motifs is 11. The number of ketones is 1. The average Bonchev–Trinajstić information content (AvgIpc) is 3.45. The quantitative estimate of drug-likeness (QED) is 0.257. The predicted octanol–water partition coefficient (Wildman–Crippen LogP) is 7.89. The van der Waals surface area contributed by atoms with E-state index in [-0.39, 0.29) is 41.2 Å². The van der Waals surface area contributed by atoms with Crippen LogP contribution in [0.1, 0.15) is 104 Å². The van der Waals surface area contributed by atoms with Gasteiger partial charge in [0.05, 0.1) is 25.7 Å². The Balaban J connectivity index is 0.000000156. The van der Waals surface area contributed by atoms with Crippen LogP contribution in [0.25, 0.3) is 6.08 Å². The summed E-state index contributed by atoms with van der Waals surface area (Å²) in [4.78, 5) is 25.0. The van der Waals surface area contributed by atoms with Crippen molar-refractivity contribution in [1.29, 1.82) is 0 Å². The molecule has 2 fully saturated rings. The molecule has 0 spiro atoms. The maximum atomic E-state index is 13.6. The fourth-order valence-electron chi connectivity index (χ4n) is 10.2. The van der Waals surface area contributed by atoms with Gasteiger partial charge in [0.15, 0.2) is 17.3 Å². The number of carbonyl (C=O) groups excluding carboxylic acids is 2. The molecule has 0 bridgehead atoms. The van der Waals surface area contributed by atoms with E-state index < -0.39 is 17.6 Å². The number of rotatable bonds is 3. The fourth-order valence-corrected chi connectivity index (χ4v) is 10.2. The van der Waals surface area contributed by atoms with E-state index in [1.165, 1.54) is 50.5 Å². The van der Waals surface area contributed by atoms with Gasteiger partial charge >= 0.3 is 5.97 Å². The Morgan fingerprint density at radius 2 is 1.70 bits per heavy atom. The molecule has 10 nitrogen and oxygen atoms in total. The first-order chi connectivity index (χ1) is 25.3. The second-order valence-corrected chi connectivity index (χ2v) is 16.1. The van der Waals surface area contributed by atoms with Crippen molar-refractivity contribution in [3.8, 4) is 40.2 Å². The van der Waals surface area contributed by atoms with Gasteiger partial charge in [0.1, 0.15) is 58.7 Å². The molecular formula is C43H48O10. The van der Waals surface area contributed by atoms with Crippen LogP contribution in [0.15, 0.2) is 42.5 Å². The highest BCUT2D eigenvalue weighted by Crippen LogP contribution is 2.62. The van der Waals surface area contributed by atoms with Crippen LogP contribution in [0.2, 0.25) is 0 Å². The Morgan fingerprint density at radius 1 is 0.925 bits per heavy atom. The van der Waals surface area contributed by atoms with Gasteiger partial charge in [-0.3, -0.25) is 9.59 Å². The van der Waals surface area contributed by atoms with Crippen molar-refractivity contribution in [3.05, 3.63) is 70.3 Å². The van der Waals surface area contributed by atoms with E-state index in [0.29, 0.717) is 63.4 Å². The predicted molar refractivity (Wildman–Crippen MR) is 197 cm³/mol. The largest absolute Gasteiger partial charge is 0.508 e. The maximum absolute atomic E-state index is 13.6. The van der Waals surface area contributed by atoms with Crippen LogP contribution in [-0.2, 0) is 16.0 Å². The number of phenols is 2. The molecule has 0 saturated heterocycles. The van der Waals surface area contributed by atoms with Crippen molar-refractivity contribution < 1.29 is 48.2 Å². The van der Waals surface area contributed by atoms with E-state index in [9.17, 15) is 19.8 Å². The van der Waals surface area contributed by atoms with Crippen molar-refractivity contribution in [1.82, 2.24) is 0 Å². The highest BCUT2D eigenvalue weighted by Gasteiger charge is 2.56. The van der Waals surface area contributed by atoms with Crippen LogP contribution in [0, 0.1) is 17.3 Å². The number of ether oxygens (including phenoxy) is 6. The molecule has 3 aromatic rings. The summed E-state index contributed by atoms with van der Waals surface area (Å²) in [5.74, 6) is 3.57. The van der Waals surface area contributed by atoms with Gasteiger partial charge in [-0.15, -0.1) is 0 Å². The summed E-state index contributed by atoms with van der Waals surface area (Å²) in [5.41, 5.74) is 3.88.